The number of aromatic nitrogens is 3. The molecule has 1 atom stereocenters. The van der Waals surface area contributed by atoms with Gasteiger partial charge in [-0.2, -0.15) is 4.98 Å². The van der Waals surface area contributed by atoms with Crippen LogP contribution in [0.25, 0.3) is 11.3 Å². The highest BCUT2D eigenvalue weighted by Crippen LogP contribution is 2.43. The van der Waals surface area contributed by atoms with E-state index in [0.717, 1.165) is 27.0 Å². The van der Waals surface area contributed by atoms with E-state index < -0.39 is 6.23 Å². The van der Waals surface area contributed by atoms with E-state index in [-0.39, 0.29) is 5.91 Å². The van der Waals surface area contributed by atoms with E-state index in [2.05, 4.69) is 45.0 Å². The van der Waals surface area contributed by atoms with Gasteiger partial charge in [0.05, 0.1) is 5.69 Å². The predicted octanol–water partition coefficient (Wildman–Crippen LogP) is 5.88. The number of benzene rings is 2. The zero-order valence-corrected chi connectivity index (χ0v) is 20.0. The zero-order valence-electron chi connectivity index (χ0n) is 17.6. The summed E-state index contributed by atoms with van der Waals surface area (Å²) in [7, 11) is 0. The van der Waals surface area contributed by atoms with E-state index in [4.69, 9.17) is 4.74 Å². The van der Waals surface area contributed by atoms with E-state index in [0.29, 0.717) is 29.1 Å². The quantitative estimate of drug-likeness (QED) is 0.408. The fraction of sp³-hybridized carbons (Fsp3) is 0.304. The topological polar surface area (TPSA) is 68.2 Å². The van der Waals surface area contributed by atoms with Crippen LogP contribution in [0.3, 0.4) is 0 Å². The summed E-state index contributed by atoms with van der Waals surface area (Å²) >= 11 is 5.03. The molecule has 0 saturated heterocycles. The Hall–Kier alpha value is -2.45. The van der Waals surface area contributed by atoms with E-state index in [1.165, 1.54) is 0 Å². The molecule has 2 heterocycles. The van der Waals surface area contributed by atoms with Crippen molar-refractivity contribution < 1.29 is 9.53 Å². The second kappa shape index (κ2) is 9.36. The molecule has 2 aromatic carbocycles. The van der Waals surface area contributed by atoms with Gasteiger partial charge in [0.25, 0.3) is 0 Å². The van der Waals surface area contributed by atoms with Crippen molar-refractivity contribution in [3.05, 3.63) is 58.6 Å². The van der Waals surface area contributed by atoms with Gasteiger partial charge in [0.15, 0.2) is 5.69 Å². The first-order valence-electron chi connectivity index (χ1n) is 10.2. The molecule has 0 N–H and O–H groups in total. The van der Waals surface area contributed by atoms with Crippen LogP contribution in [0, 0.1) is 5.92 Å². The first-order chi connectivity index (χ1) is 15.0. The number of hydrogen-bond acceptors (Lipinski definition) is 6. The van der Waals surface area contributed by atoms with Crippen LogP contribution in [-0.4, -0.2) is 26.8 Å². The Balaban J connectivity index is 1.87. The zero-order chi connectivity index (χ0) is 22.0. The average Bonchev–Trinajstić information content (AvgIpc) is 2.92. The Labute approximate surface area is 194 Å². The largest absolute Gasteiger partial charge is 0.447 e. The van der Waals surface area contributed by atoms with Crippen molar-refractivity contribution in [3.8, 4) is 17.1 Å². The van der Waals surface area contributed by atoms with Gasteiger partial charge in [0, 0.05) is 27.8 Å². The molecule has 0 aliphatic carbocycles. The van der Waals surface area contributed by atoms with E-state index >= 15 is 0 Å². The third-order valence-corrected chi connectivity index (χ3v) is 6.58. The van der Waals surface area contributed by atoms with Gasteiger partial charge in [-0.05, 0) is 24.1 Å². The molecule has 0 unspecified atom stereocenters. The Bertz CT molecular complexity index is 1090. The second-order valence-electron chi connectivity index (χ2n) is 7.61. The highest BCUT2D eigenvalue weighted by Gasteiger charge is 2.35. The summed E-state index contributed by atoms with van der Waals surface area (Å²) in [5.74, 6) is 1.72. The van der Waals surface area contributed by atoms with Crippen molar-refractivity contribution in [2.45, 2.75) is 38.6 Å². The number of ether oxygens (including phenoxy) is 1. The highest BCUT2D eigenvalue weighted by atomic mass is 79.9. The maximum absolute atomic E-state index is 13.1. The monoisotopic (exact) mass is 498 g/mol. The molecule has 1 aromatic heterocycles. The van der Waals surface area contributed by atoms with Gasteiger partial charge in [-0.15, -0.1) is 10.2 Å². The second-order valence-corrected chi connectivity index (χ2v) is 9.51. The number of fused-ring (bicyclic) bond motifs is 3. The van der Waals surface area contributed by atoms with Gasteiger partial charge in [0.1, 0.15) is 0 Å². The SMILES string of the molecule is CCC(=O)N1c2ccccc2-c2nnc(SCC(C)C)nc2O[C@H]1c1ccc(Br)cc1. The van der Waals surface area contributed by atoms with Gasteiger partial charge in [-0.3, -0.25) is 9.69 Å². The molecule has 31 heavy (non-hydrogen) atoms. The summed E-state index contributed by atoms with van der Waals surface area (Å²) in [6, 6.07) is 15.4. The van der Waals surface area contributed by atoms with Gasteiger partial charge < -0.3 is 4.74 Å². The smallest absolute Gasteiger partial charge is 0.247 e. The maximum Gasteiger partial charge on any atom is 0.247 e. The van der Waals surface area contributed by atoms with Crippen LogP contribution in [0.1, 0.15) is 39.0 Å². The Morgan fingerprint density at radius 1 is 1.16 bits per heavy atom. The lowest BCUT2D eigenvalue weighted by Crippen LogP contribution is -2.37. The summed E-state index contributed by atoms with van der Waals surface area (Å²) in [6.45, 7) is 6.14. The maximum atomic E-state index is 13.1. The van der Waals surface area contributed by atoms with Gasteiger partial charge >= 0.3 is 0 Å². The molecule has 0 saturated carbocycles. The molecule has 4 rings (SSSR count). The number of halogens is 1. The summed E-state index contributed by atoms with van der Waals surface area (Å²) < 4.78 is 7.37. The van der Waals surface area contributed by atoms with E-state index in [1.807, 2.05) is 55.5 Å². The fourth-order valence-corrected chi connectivity index (χ4v) is 4.29. The molecule has 3 aromatic rings. The average molecular weight is 499 g/mol. The normalized spacial score (nSPS) is 15.1. The van der Waals surface area contributed by atoms with Crippen LogP contribution in [0.15, 0.2) is 58.2 Å². The van der Waals surface area contributed by atoms with Crippen LogP contribution in [0.2, 0.25) is 0 Å². The van der Waals surface area contributed by atoms with Crippen molar-refractivity contribution in [3.63, 3.8) is 0 Å². The molecular weight excluding hydrogens is 476 g/mol. The van der Waals surface area contributed by atoms with Crippen molar-refractivity contribution in [2.24, 2.45) is 5.92 Å². The van der Waals surface area contributed by atoms with Crippen LogP contribution in [-0.2, 0) is 4.79 Å². The Kier molecular flexibility index (Phi) is 6.57. The number of thioether (sulfide) groups is 1. The number of para-hydroxylation sites is 1. The molecule has 1 aliphatic rings. The number of anilines is 1. The van der Waals surface area contributed by atoms with Crippen molar-refractivity contribution >= 4 is 39.3 Å². The number of hydrogen-bond donors (Lipinski definition) is 0. The molecule has 8 heteroatoms. The molecule has 1 aliphatic heterocycles. The molecule has 160 valence electrons. The van der Waals surface area contributed by atoms with Crippen LogP contribution >= 0.6 is 27.7 Å². The summed E-state index contributed by atoms with van der Waals surface area (Å²) in [4.78, 5) is 19.5. The molecular formula is C23H23BrN4O2S. The van der Waals surface area contributed by atoms with Crippen molar-refractivity contribution in [1.29, 1.82) is 0 Å². The molecule has 1 amide bonds. The molecule has 0 bridgehead atoms. The lowest BCUT2D eigenvalue weighted by molar-refractivity contribution is -0.120. The van der Waals surface area contributed by atoms with Gasteiger partial charge in [-0.25, -0.2) is 0 Å². The lowest BCUT2D eigenvalue weighted by Gasteiger charge is -2.30. The number of amides is 1. The fourth-order valence-electron chi connectivity index (χ4n) is 3.30. The molecule has 0 radical (unpaired) electrons. The third kappa shape index (κ3) is 4.60. The first-order valence-corrected chi connectivity index (χ1v) is 12.0. The summed E-state index contributed by atoms with van der Waals surface area (Å²) in [5, 5.41) is 9.34. The molecule has 0 fully saturated rings. The Morgan fingerprint density at radius 3 is 2.61 bits per heavy atom. The minimum absolute atomic E-state index is 0.0458. The van der Waals surface area contributed by atoms with Crippen LogP contribution in [0.4, 0.5) is 5.69 Å². The van der Waals surface area contributed by atoms with E-state index in [9.17, 15) is 4.79 Å². The predicted molar refractivity (Wildman–Crippen MR) is 126 cm³/mol. The summed E-state index contributed by atoms with van der Waals surface area (Å²) in [5.41, 5.74) is 2.90. The highest BCUT2D eigenvalue weighted by molar-refractivity contribution is 9.10. The molecule has 6 nitrogen and oxygen atoms in total. The van der Waals surface area contributed by atoms with E-state index in [1.54, 1.807) is 16.7 Å². The standard InChI is InChI=1S/C23H23BrN4O2S/c1-4-19(29)28-18-8-6-5-7-17(18)20-21(25-23(27-26-20)31-13-14(2)3)30-22(28)15-9-11-16(24)12-10-15/h5-12,14,22H,4,13H2,1-3H3/t22-/m0/s1. The minimum atomic E-state index is -0.664. The van der Waals surface area contributed by atoms with Gasteiger partial charge in [0.2, 0.25) is 23.2 Å². The number of nitrogens with zero attached hydrogens (tertiary/aromatic N) is 4. The summed E-state index contributed by atoms with van der Waals surface area (Å²) in [6.07, 6.45) is -0.321. The first kappa shape index (κ1) is 21.8. The van der Waals surface area contributed by atoms with Crippen LogP contribution < -0.4 is 9.64 Å². The van der Waals surface area contributed by atoms with Gasteiger partial charge in [-0.1, -0.05) is 78.8 Å². The number of carbonyl (C=O) groups excluding carboxylic acids is 1. The van der Waals surface area contributed by atoms with Crippen molar-refractivity contribution in [2.75, 3.05) is 10.7 Å². The molecule has 0 spiro atoms. The van der Waals surface area contributed by atoms with Crippen molar-refractivity contribution in [1.82, 2.24) is 15.2 Å². The third-order valence-electron chi connectivity index (χ3n) is 4.78. The lowest BCUT2D eigenvalue weighted by atomic mass is 10.1. The Morgan fingerprint density at radius 2 is 1.90 bits per heavy atom. The number of rotatable bonds is 5. The van der Waals surface area contributed by atoms with Crippen LogP contribution in [0.5, 0.6) is 5.88 Å². The number of carbonyl (C=O) groups is 1. The minimum Gasteiger partial charge on any atom is -0.447 e.